The predicted molar refractivity (Wildman–Crippen MR) is 76.2 cm³/mol. The highest BCUT2D eigenvalue weighted by Gasteiger charge is 2.28. The number of amides is 1. The van der Waals surface area contributed by atoms with Gasteiger partial charge in [0, 0.05) is 36.6 Å². The van der Waals surface area contributed by atoms with Gasteiger partial charge in [0.1, 0.15) is 5.75 Å². The largest absolute Gasteiger partial charge is 0.493 e. The first kappa shape index (κ1) is 12.9. The minimum atomic E-state index is -0.0546. The average Bonchev–Trinajstić information content (AvgIpc) is 2.96. The van der Waals surface area contributed by atoms with Crippen molar-refractivity contribution in [3.05, 3.63) is 27.7 Å². The molecule has 2 aliphatic heterocycles. The van der Waals surface area contributed by atoms with Crippen LogP contribution in [0.25, 0.3) is 0 Å². The molecule has 2 heterocycles. The molecule has 4 nitrogen and oxygen atoms in total. The van der Waals surface area contributed by atoms with Crippen LogP contribution < -0.4 is 10.1 Å². The molecular formula is C14H17BrN2O2. The van der Waals surface area contributed by atoms with Gasteiger partial charge in [0.25, 0.3) is 0 Å². The lowest BCUT2D eigenvalue weighted by Gasteiger charge is -2.14. The van der Waals surface area contributed by atoms with Crippen molar-refractivity contribution in [3.8, 4) is 5.75 Å². The van der Waals surface area contributed by atoms with Gasteiger partial charge in [-0.1, -0.05) is 15.9 Å². The summed E-state index contributed by atoms with van der Waals surface area (Å²) in [4.78, 5) is 13.6. The quantitative estimate of drug-likeness (QED) is 0.920. The molecule has 0 aliphatic carbocycles. The molecule has 0 aromatic heterocycles. The monoisotopic (exact) mass is 324 g/mol. The van der Waals surface area contributed by atoms with Gasteiger partial charge in [0.15, 0.2) is 0 Å². The Labute approximate surface area is 121 Å². The zero-order chi connectivity index (χ0) is 13.4. The lowest BCUT2D eigenvalue weighted by molar-refractivity contribution is -0.128. The molecule has 1 aromatic carbocycles. The Hall–Kier alpha value is -1.07. The average molecular weight is 325 g/mol. The van der Waals surface area contributed by atoms with Crippen molar-refractivity contribution in [3.63, 3.8) is 0 Å². The number of ether oxygens (including phenoxy) is 1. The molecule has 1 N–H and O–H groups in total. The van der Waals surface area contributed by atoms with Crippen LogP contribution in [0.2, 0.25) is 0 Å². The number of carbonyl (C=O) groups is 1. The summed E-state index contributed by atoms with van der Waals surface area (Å²) in [5.74, 6) is 1.18. The van der Waals surface area contributed by atoms with E-state index in [9.17, 15) is 4.79 Å². The second kappa shape index (κ2) is 5.13. The number of halogens is 1. The molecule has 102 valence electrons. The van der Waals surface area contributed by atoms with E-state index in [4.69, 9.17) is 4.74 Å². The lowest BCUT2D eigenvalue weighted by Crippen LogP contribution is -2.36. The van der Waals surface area contributed by atoms with E-state index < -0.39 is 0 Å². The van der Waals surface area contributed by atoms with Gasteiger partial charge in [0.05, 0.1) is 12.6 Å². The van der Waals surface area contributed by atoms with Gasteiger partial charge >= 0.3 is 0 Å². The zero-order valence-corrected chi connectivity index (χ0v) is 12.5. The number of rotatable bonds is 3. The molecule has 5 heteroatoms. The van der Waals surface area contributed by atoms with Crippen molar-refractivity contribution in [1.82, 2.24) is 10.2 Å². The maximum Gasteiger partial charge on any atom is 0.239 e. The van der Waals surface area contributed by atoms with Crippen LogP contribution in [-0.4, -0.2) is 37.0 Å². The van der Waals surface area contributed by atoms with E-state index in [0.29, 0.717) is 6.54 Å². The van der Waals surface area contributed by atoms with E-state index in [0.717, 1.165) is 41.8 Å². The first-order valence-electron chi connectivity index (χ1n) is 6.57. The first-order chi connectivity index (χ1) is 9.15. The van der Waals surface area contributed by atoms with Crippen molar-refractivity contribution < 1.29 is 9.53 Å². The van der Waals surface area contributed by atoms with Gasteiger partial charge < -0.3 is 15.0 Å². The minimum absolute atomic E-state index is 0.0546. The summed E-state index contributed by atoms with van der Waals surface area (Å²) < 4.78 is 6.76. The maximum absolute atomic E-state index is 11.9. The molecule has 1 aromatic rings. The summed E-state index contributed by atoms with van der Waals surface area (Å²) in [6.45, 7) is 2.26. The lowest BCUT2D eigenvalue weighted by atomic mass is 10.1. The van der Waals surface area contributed by atoms with Crippen molar-refractivity contribution in [2.45, 2.75) is 25.4 Å². The molecular weight excluding hydrogens is 308 g/mol. The first-order valence-corrected chi connectivity index (χ1v) is 7.37. The van der Waals surface area contributed by atoms with E-state index >= 15 is 0 Å². The summed E-state index contributed by atoms with van der Waals surface area (Å²) in [5.41, 5.74) is 2.38. The summed E-state index contributed by atoms with van der Waals surface area (Å²) >= 11 is 3.53. The fraction of sp³-hybridized carbons (Fsp3) is 0.500. The van der Waals surface area contributed by atoms with E-state index in [1.54, 1.807) is 4.90 Å². The Kier molecular flexibility index (Phi) is 3.50. The fourth-order valence-electron chi connectivity index (χ4n) is 2.72. The molecule has 3 rings (SSSR count). The second-order valence-corrected chi connectivity index (χ2v) is 6.05. The van der Waals surface area contributed by atoms with E-state index in [-0.39, 0.29) is 11.9 Å². The number of carbonyl (C=O) groups excluding carboxylic acids is 1. The topological polar surface area (TPSA) is 41.6 Å². The molecule has 1 unspecified atom stereocenters. The van der Waals surface area contributed by atoms with Gasteiger partial charge in [0.2, 0.25) is 5.91 Å². The van der Waals surface area contributed by atoms with E-state index in [1.807, 2.05) is 7.05 Å². The van der Waals surface area contributed by atoms with Crippen molar-refractivity contribution >= 4 is 21.8 Å². The van der Waals surface area contributed by atoms with Crippen LogP contribution in [0, 0.1) is 0 Å². The third-order valence-corrected chi connectivity index (χ3v) is 4.25. The highest BCUT2D eigenvalue weighted by Crippen LogP contribution is 2.33. The number of likely N-dealkylation sites (N-methyl/N-ethyl adjacent to an activating group) is 1. The normalized spacial score (nSPS) is 21.7. The number of benzene rings is 1. The van der Waals surface area contributed by atoms with Gasteiger partial charge in [-0.05, 0) is 24.1 Å². The highest BCUT2D eigenvalue weighted by atomic mass is 79.9. The summed E-state index contributed by atoms with van der Waals surface area (Å²) in [6, 6.07) is 4.13. The SMILES string of the molecule is CN1CCC(NCc2cc(Br)cc3c2OCC3)C1=O. The number of nitrogens with one attached hydrogen (secondary N) is 1. The van der Waals surface area contributed by atoms with Crippen molar-refractivity contribution in [2.75, 3.05) is 20.2 Å². The van der Waals surface area contributed by atoms with Crippen LogP contribution in [0.4, 0.5) is 0 Å². The maximum atomic E-state index is 11.9. The molecule has 0 bridgehead atoms. The predicted octanol–water partition coefficient (Wildman–Crippen LogP) is 1.70. The Balaban J connectivity index is 1.72. The number of hydrogen-bond donors (Lipinski definition) is 1. The zero-order valence-electron chi connectivity index (χ0n) is 10.9. The van der Waals surface area contributed by atoms with Crippen LogP contribution in [0.15, 0.2) is 16.6 Å². The second-order valence-electron chi connectivity index (χ2n) is 5.13. The minimum Gasteiger partial charge on any atom is -0.493 e. The fourth-order valence-corrected chi connectivity index (χ4v) is 3.27. The summed E-state index contributed by atoms with van der Waals surface area (Å²) in [5, 5.41) is 3.34. The molecule has 0 radical (unpaired) electrons. The van der Waals surface area contributed by atoms with Gasteiger partial charge in [-0.3, -0.25) is 4.79 Å². The van der Waals surface area contributed by atoms with E-state index in [2.05, 4.69) is 33.4 Å². The van der Waals surface area contributed by atoms with Crippen LogP contribution in [0.1, 0.15) is 17.5 Å². The number of fused-ring (bicyclic) bond motifs is 1. The van der Waals surface area contributed by atoms with Crippen molar-refractivity contribution in [1.29, 1.82) is 0 Å². The third-order valence-electron chi connectivity index (χ3n) is 3.79. The molecule has 1 saturated heterocycles. The Morgan fingerprint density at radius 1 is 1.53 bits per heavy atom. The van der Waals surface area contributed by atoms with Crippen LogP contribution in [0.3, 0.4) is 0 Å². The Morgan fingerprint density at radius 2 is 2.37 bits per heavy atom. The number of hydrogen-bond acceptors (Lipinski definition) is 3. The Bertz CT molecular complexity index is 518. The third kappa shape index (κ3) is 2.49. The molecule has 1 fully saturated rings. The van der Waals surface area contributed by atoms with Gasteiger partial charge in [-0.25, -0.2) is 0 Å². The Morgan fingerprint density at radius 3 is 3.11 bits per heavy atom. The van der Waals surface area contributed by atoms with Gasteiger partial charge in [-0.2, -0.15) is 0 Å². The molecule has 0 saturated carbocycles. The molecule has 0 spiro atoms. The van der Waals surface area contributed by atoms with Crippen LogP contribution in [-0.2, 0) is 17.8 Å². The summed E-state index contributed by atoms with van der Waals surface area (Å²) in [6.07, 6.45) is 1.85. The van der Waals surface area contributed by atoms with Crippen molar-refractivity contribution in [2.24, 2.45) is 0 Å². The molecule has 19 heavy (non-hydrogen) atoms. The van der Waals surface area contributed by atoms with Gasteiger partial charge in [-0.15, -0.1) is 0 Å². The standard InChI is InChI=1S/C14H17BrN2O2/c1-17-4-2-12(14(17)18)16-8-10-7-11(15)6-9-3-5-19-13(9)10/h6-7,12,16H,2-5,8H2,1H3. The molecule has 2 aliphatic rings. The summed E-state index contributed by atoms with van der Waals surface area (Å²) in [7, 11) is 1.85. The molecule has 1 atom stereocenters. The number of nitrogens with zero attached hydrogens (tertiary/aromatic N) is 1. The van der Waals surface area contributed by atoms with Crippen LogP contribution >= 0.6 is 15.9 Å². The van der Waals surface area contributed by atoms with Crippen LogP contribution in [0.5, 0.6) is 5.75 Å². The van der Waals surface area contributed by atoms with E-state index in [1.165, 1.54) is 5.56 Å². The highest BCUT2D eigenvalue weighted by molar-refractivity contribution is 9.10. The molecule has 1 amide bonds. The number of likely N-dealkylation sites (tertiary alicyclic amines) is 1. The smallest absolute Gasteiger partial charge is 0.239 e.